The van der Waals surface area contributed by atoms with Gasteiger partial charge in [-0.1, -0.05) is 19.1 Å². The average Bonchev–Trinajstić information content (AvgIpc) is 2.46. The van der Waals surface area contributed by atoms with Gasteiger partial charge in [0, 0.05) is 24.3 Å². The Morgan fingerprint density at radius 1 is 1.43 bits per heavy atom. The van der Waals surface area contributed by atoms with E-state index in [-0.39, 0.29) is 12.6 Å². The number of aryl methyl sites for hydroxylation is 1. The predicted octanol–water partition coefficient (Wildman–Crippen LogP) is 2.35. The molecule has 1 rings (SSSR count). The number of carbonyl (C=O) groups excluding carboxylic acids is 1. The number of hydrogen-bond donors (Lipinski definition) is 3. The molecule has 0 fully saturated rings. The van der Waals surface area contributed by atoms with E-state index < -0.39 is 5.54 Å². The molecular weight excluding hydrogens is 268 g/mol. The molecule has 1 aromatic carbocycles. The van der Waals surface area contributed by atoms with Crippen LogP contribution in [-0.2, 0) is 6.54 Å². The van der Waals surface area contributed by atoms with Gasteiger partial charge in [0.15, 0.2) is 0 Å². The maximum atomic E-state index is 12.0. The molecule has 3 N–H and O–H groups in total. The van der Waals surface area contributed by atoms with Crippen molar-refractivity contribution in [2.45, 2.75) is 45.7 Å². The largest absolute Gasteiger partial charge is 0.496 e. The van der Waals surface area contributed by atoms with Crippen molar-refractivity contribution in [3.8, 4) is 5.75 Å². The highest BCUT2D eigenvalue weighted by Crippen LogP contribution is 2.19. The summed E-state index contributed by atoms with van der Waals surface area (Å²) in [5, 5.41) is 14.8. The minimum Gasteiger partial charge on any atom is -0.496 e. The Labute approximate surface area is 126 Å². The molecule has 0 saturated heterocycles. The third-order valence-corrected chi connectivity index (χ3v) is 3.74. The number of carbonyl (C=O) groups is 1. The van der Waals surface area contributed by atoms with Crippen molar-refractivity contribution in [1.82, 2.24) is 10.6 Å². The van der Waals surface area contributed by atoms with Crippen LogP contribution in [0.4, 0.5) is 4.79 Å². The van der Waals surface area contributed by atoms with Gasteiger partial charge in [-0.25, -0.2) is 4.79 Å². The molecule has 21 heavy (non-hydrogen) atoms. The lowest BCUT2D eigenvalue weighted by atomic mass is 9.95. The van der Waals surface area contributed by atoms with Crippen molar-refractivity contribution < 1.29 is 14.6 Å². The van der Waals surface area contributed by atoms with Gasteiger partial charge in [-0.2, -0.15) is 0 Å². The summed E-state index contributed by atoms with van der Waals surface area (Å²) in [5.41, 5.74) is 1.65. The fraction of sp³-hybridized carbons (Fsp3) is 0.562. The van der Waals surface area contributed by atoms with Crippen molar-refractivity contribution in [1.29, 1.82) is 0 Å². The summed E-state index contributed by atoms with van der Waals surface area (Å²) < 4.78 is 5.31. The summed E-state index contributed by atoms with van der Waals surface area (Å²) in [5.74, 6) is 0.768. The molecule has 0 aliphatic heterocycles. The van der Waals surface area contributed by atoms with Crippen molar-refractivity contribution in [3.63, 3.8) is 0 Å². The molecule has 0 aliphatic rings. The highest BCUT2D eigenvalue weighted by atomic mass is 16.5. The van der Waals surface area contributed by atoms with E-state index in [1.165, 1.54) is 0 Å². The Morgan fingerprint density at radius 3 is 2.71 bits per heavy atom. The van der Waals surface area contributed by atoms with Crippen LogP contribution in [0.2, 0.25) is 0 Å². The number of nitrogens with one attached hydrogen (secondary N) is 2. The molecule has 1 aromatic rings. The van der Waals surface area contributed by atoms with Crippen LogP contribution in [0.3, 0.4) is 0 Å². The molecule has 0 saturated carbocycles. The zero-order valence-corrected chi connectivity index (χ0v) is 13.3. The lowest BCUT2D eigenvalue weighted by Crippen LogP contribution is -2.50. The third-order valence-electron chi connectivity index (χ3n) is 3.74. The second kappa shape index (κ2) is 7.88. The molecule has 0 spiro atoms. The van der Waals surface area contributed by atoms with Gasteiger partial charge in [0.05, 0.1) is 7.11 Å². The Kier molecular flexibility index (Phi) is 6.49. The minimum atomic E-state index is -0.393. The second-order valence-electron chi connectivity index (χ2n) is 5.51. The Bertz CT molecular complexity index is 477. The molecule has 1 atom stereocenters. The maximum absolute atomic E-state index is 12.0. The van der Waals surface area contributed by atoms with Crippen LogP contribution < -0.4 is 15.4 Å². The van der Waals surface area contributed by atoms with Gasteiger partial charge in [-0.3, -0.25) is 0 Å². The Balaban J connectivity index is 2.61. The van der Waals surface area contributed by atoms with E-state index in [1.807, 2.05) is 39.0 Å². The fourth-order valence-electron chi connectivity index (χ4n) is 2.07. The highest BCUT2D eigenvalue weighted by molar-refractivity contribution is 5.74. The van der Waals surface area contributed by atoms with Crippen LogP contribution in [0.5, 0.6) is 5.75 Å². The number of methoxy groups -OCH3 is 1. The summed E-state index contributed by atoms with van der Waals surface area (Å²) in [4.78, 5) is 12.0. The molecule has 118 valence electrons. The number of aliphatic hydroxyl groups excluding tert-OH is 1. The lowest BCUT2D eigenvalue weighted by molar-refractivity contribution is 0.200. The number of rotatable bonds is 7. The average molecular weight is 294 g/mol. The number of hydrogen-bond acceptors (Lipinski definition) is 3. The van der Waals surface area contributed by atoms with E-state index in [2.05, 4.69) is 10.6 Å². The molecule has 5 nitrogen and oxygen atoms in total. The van der Waals surface area contributed by atoms with Crippen molar-refractivity contribution in [2.75, 3.05) is 13.7 Å². The predicted molar refractivity (Wildman–Crippen MR) is 83.5 cm³/mol. The van der Waals surface area contributed by atoms with Crippen LogP contribution in [0.25, 0.3) is 0 Å². The van der Waals surface area contributed by atoms with E-state index in [4.69, 9.17) is 9.84 Å². The van der Waals surface area contributed by atoms with Gasteiger partial charge in [-0.15, -0.1) is 0 Å². The van der Waals surface area contributed by atoms with Gasteiger partial charge < -0.3 is 20.5 Å². The standard InChI is InChI=1S/C16H26N2O3/c1-5-16(3,8-9-19)18-15(20)17-11-13-7-6-12(2)10-14(13)21-4/h6-7,10,19H,5,8-9,11H2,1-4H3,(H2,17,18,20). The van der Waals surface area contributed by atoms with Gasteiger partial charge in [0.1, 0.15) is 5.75 Å². The fourth-order valence-corrected chi connectivity index (χ4v) is 2.07. The van der Waals surface area contributed by atoms with E-state index in [9.17, 15) is 4.79 Å². The zero-order chi connectivity index (χ0) is 15.9. The normalized spacial score (nSPS) is 13.4. The van der Waals surface area contributed by atoms with E-state index in [0.717, 1.165) is 23.3 Å². The van der Waals surface area contributed by atoms with E-state index >= 15 is 0 Å². The summed E-state index contributed by atoms with van der Waals surface area (Å²) in [6.45, 7) is 6.35. The number of benzene rings is 1. The topological polar surface area (TPSA) is 70.6 Å². The molecule has 0 radical (unpaired) electrons. The minimum absolute atomic E-state index is 0.0520. The molecular formula is C16H26N2O3. The van der Waals surface area contributed by atoms with Crippen LogP contribution in [0, 0.1) is 6.92 Å². The van der Waals surface area contributed by atoms with Crippen LogP contribution >= 0.6 is 0 Å². The third kappa shape index (κ3) is 5.27. The summed E-state index contributed by atoms with van der Waals surface area (Å²) in [6.07, 6.45) is 1.29. The van der Waals surface area contributed by atoms with Crippen molar-refractivity contribution >= 4 is 6.03 Å². The Hall–Kier alpha value is -1.75. The quantitative estimate of drug-likeness (QED) is 0.723. The zero-order valence-electron chi connectivity index (χ0n) is 13.3. The SMILES string of the molecule is CCC(C)(CCO)NC(=O)NCc1ccc(C)cc1OC. The van der Waals surface area contributed by atoms with Gasteiger partial charge in [-0.05, 0) is 38.3 Å². The van der Waals surface area contributed by atoms with Crippen LogP contribution in [-0.4, -0.2) is 30.4 Å². The van der Waals surface area contributed by atoms with E-state index in [1.54, 1.807) is 7.11 Å². The first-order valence-corrected chi connectivity index (χ1v) is 7.24. The van der Waals surface area contributed by atoms with Crippen LogP contribution in [0.15, 0.2) is 18.2 Å². The molecule has 1 unspecified atom stereocenters. The number of amides is 2. The monoisotopic (exact) mass is 294 g/mol. The highest BCUT2D eigenvalue weighted by Gasteiger charge is 2.23. The molecule has 0 bridgehead atoms. The molecule has 0 aromatic heterocycles. The molecule has 0 heterocycles. The van der Waals surface area contributed by atoms with Gasteiger partial charge >= 0.3 is 6.03 Å². The first-order valence-electron chi connectivity index (χ1n) is 7.24. The first-order chi connectivity index (χ1) is 9.94. The van der Waals surface area contributed by atoms with E-state index in [0.29, 0.717) is 13.0 Å². The summed E-state index contributed by atoms with van der Waals surface area (Å²) in [7, 11) is 1.62. The molecule has 0 aliphatic carbocycles. The maximum Gasteiger partial charge on any atom is 0.315 e. The summed E-state index contributed by atoms with van der Waals surface area (Å²) >= 11 is 0. The smallest absolute Gasteiger partial charge is 0.315 e. The number of aliphatic hydroxyl groups is 1. The second-order valence-corrected chi connectivity index (χ2v) is 5.51. The summed E-state index contributed by atoms with van der Waals surface area (Å²) in [6, 6.07) is 5.63. The number of urea groups is 1. The van der Waals surface area contributed by atoms with Crippen molar-refractivity contribution in [2.24, 2.45) is 0 Å². The first kappa shape index (κ1) is 17.3. The van der Waals surface area contributed by atoms with Crippen LogP contribution in [0.1, 0.15) is 37.8 Å². The van der Waals surface area contributed by atoms with Crippen molar-refractivity contribution in [3.05, 3.63) is 29.3 Å². The lowest BCUT2D eigenvalue weighted by Gasteiger charge is -2.29. The molecule has 2 amide bonds. The van der Waals surface area contributed by atoms with Gasteiger partial charge in [0.2, 0.25) is 0 Å². The Morgan fingerprint density at radius 2 is 2.14 bits per heavy atom. The van der Waals surface area contributed by atoms with Gasteiger partial charge in [0.25, 0.3) is 0 Å². The molecule has 5 heteroatoms. The number of ether oxygens (including phenoxy) is 1.